The lowest BCUT2D eigenvalue weighted by molar-refractivity contribution is 0.305. The molecule has 68 valence electrons. The molecule has 0 amide bonds. The Hall–Kier alpha value is -0.120. The smallest absolute Gasteiger partial charge is 0.0430 e. The summed E-state index contributed by atoms with van der Waals surface area (Å²) in [7, 11) is 0. The lowest BCUT2D eigenvalue weighted by Gasteiger charge is -2.25. The third-order valence-corrected chi connectivity index (χ3v) is 2.50. The largest absolute Gasteiger partial charge is 0.330 e. The Balaban J connectivity index is 3.70. The molecule has 0 aromatic carbocycles. The maximum atomic E-state index is 5.55. The van der Waals surface area contributed by atoms with E-state index in [1.165, 1.54) is 0 Å². The summed E-state index contributed by atoms with van der Waals surface area (Å²) in [5, 5.41) is 3.18. The molecule has 0 aromatic rings. The second-order valence-electron chi connectivity index (χ2n) is 3.27. The number of hydrogen-bond donors (Lipinski definition) is 3. The minimum atomic E-state index is 0.457. The van der Waals surface area contributed by atoms with E-state index in [0.29, 0.717) is 24.5 Å². The summed E-state index contributed by atoms with van der Waals surface area (Å²) in [5.41, 5.74) is 10.9. The number of nitrogens with two attached hydrogens (primary N) is 2. The monoisotopic (exact) mass is 159 g/mol. The Morgan fingerprint density at radius 3 is 2.09 bits per heavy atom. The van der Waals surface area contributed by atoms with Crippen LogP contribution in [0.3, 0.4) is 0 Å². The molecule has 11 heavy (non-hydrogen) atoms. The fourth-order valence-electron chi connectivity index (χ4n) is 1.08. The summed E-state index contributed by atoms with van der Waals surface area (Å²) in [5.74, 6) is 1.15. The second-order valence-corrected chi connectivity index (χ2v) is 3.27. The van der Waals surface area contributed by atoms with Crippen LogP contribution in [0, 0.1) is 11.8 Å². The van der Waals surface area contributed by atoms with Crippen LogP contribution in [0.2, 0.25) is 0 Å². The van der Waals surface area contributed by atoms with Gasteiger partial charge in [0.2, 0.25) is 0 Å². The Morgan fingerprint density at radius 1 is 1.18 bits per heavy atom. The molecule has 3 nitrogen and oxygen atoms in total. The van der Waals surface area contributed by atoms with E-state index >= 15 is 0 Å². The minimum Gasteiger partial charge on any atom is -0.330 e. The summed E-state index contributed by atoms with van der Waals surface area (Å²) in [4.78, 5) is 0. The molecule has 0 aromatic heterocycles. The van der Waals surface area contributed by atoms with Crippen LogP contribution in [0.15, 0.2) is 0 Å². The molecule has 0 bridgehead atoms. The van der Waals surface area contributed by atoms with E-state index in [4.69, 9.17) is 11.5 Å². The van der Waals surface area contributed by atoms with Crippen molar-refractivity contribution in [3.8, 4) is 0 Å². The molecule has 3 atom stereocenters. The molecule has 0 heterocycles. The Morgan fingerprint density at radius 2 is 1.73 bits per heavy atom. The van der Waals surface area contributed by atoms with Crippen LogP contribution >= 0.6 is 0 Å². The van der Waals surface area contributed by atoms with Gasteiger partial charge < -0.3 is 16.8 Å². The van der Waals surface area contributed by atoms with E-state index in [-0.39, 0.29) is 0 Å². The van der Waals surface area contributed by atoms with Crippen LogP contribution < -0.4 is 16.8 Å². The standard InChI is InChI=1S/C8H21N3/c1-6(4-9)7(2)8(3)11-5-10/h6-8,11H,4-5,9-10H2,1-3H3/t6?,7-,8?/m0/s1. The van der Waals surface area contributed by atoms with Gasteiger partial charge in [0.05, 0.1) is 0 Å². The van der Waals surface area contributed by atoms with Crippen molar-refractivity contribution in [2.75, 3.05) is 13.2 Å². The van der Waals surface area contributed by atoms with Crippen molar-refractivity contribution in [2.45, 2.75) is 26.8 Å². The van der Waals surface area contributed by atoms with Gasteiger partial charge in [0.15, 0.2) is 0 Å². The number of hydrogen-bond acceptors (Lipinski definition) is 3. The quantitative estimate of drug-likeness (QED) is 0.499. The maximum Gasteiger partial charge on any atom is 0.0430 e. The fourth-order valence-corrected chi connectivity index (χ4v) is 1.08. The van der Waals surface area contributed by atoms with E-state index in [2.05, 4.69) is 26.1 Å². The first-order valence-corrected chi connectivity index (χ1v) is 4.27. The van der Waals surface area contributed by atoms with E-state index in [0.717, 1.165) is 6.54 Å². The molecular formula is C8H21N3. The van der Waals surface area contributed by atoms with Crippen LogP contribution in [0.4, 0.5) is 0 Å². The predicted octanol–water partition coefficient (Wildman–Crippen LogP) is 0.112. The molecular weight excluding hydrogens is 138 g/mol. The van der Waals surface area contributed by atoms with Gasteiger partial charge in [-0.3, -0.25) is 0 Å². The summed E-state index contributed by atoms with van der Waals surface area (Å²) < 4.78 is 0. The maximum absolute atomic E-state index is 5.55. The lowest BCUT2D eigenvalue weighted by Crippen LogP contribution is -2.40. The van der Waals surface area contributed by atoms with E-state index < -0.39 is 0 Å². The highest BCUT2D eigenvalue weighted by molar-refractivity contribution is 4.72. The zero-order valence-corrected chi connectivity index (χ0v) is 7.80. The summed E-state index contributed by atoms with van der Waals surface area (Å²) in [6.45, 7) is 7.80. The second kappa shape index (κ2) is 5.52. The first kappa shape index (κ1) is 10.9. The SMILES string of the molecule is CC(CN)[C@H](C)C(C)NCN. The van der Waals surface area contributed by atoms with Gasteiger partial charge >= 0.3 is 0 Å². The predicted molar refractivity (Wildman–Crippen MR) is 49.0 cm³/mol. The molecule has 0 saturated carbocycles. The van der Waals surface area contributed by atoms with Gasteiger partial charge in [-0.1, -0.05) is 13.8 Å². The van der Waals surface area contributed by atoms with Gasteiger partial charge in [0.25, 0.3) is 0 Å². The van der Waals surface area contributed by atoms with Crippen molar-refractivity contribution in [3.05, 3.63) is 0 Å². The zero-order valence-electron chi connectivity index (χ0n) is 7.80. The fraction of sp³-hybridized carbons (Fsp3) is 1.00. The molecule has 0 rings (SSSR count). The molecule has 0 aliphatic carbocycles. The van der Waals surface area contributed by atoms with Crippen molar-refractivity contribution in [1.29, 1.82) is 0 Å². The topological polar surface area (TPSA) is 64.1 Å². The summed E-state index contributed by atoms with van der Waals surface area (Å²) in [6.07, 6.45) is 0. The van der Waals surface area contributed by atoms with Crippen molar-refractivity contribution in [1.82, 2.24) is 5.32 Å². The molecule has 5 N–H and O–H groups in total. The van der Waals surface area contributed by atoms with Gasteiger partial charge in [-0.25, -0.2) is 0 Å². The Kier molecular flexibility index (Phi) is 5.46. The highest BCUT2D eigenvalue weighted by Crippen LogP contribution is 2.13. The molecule has 3 heteroatoms. The van der Waals surface area contributed by atoms with Crippen molar-refractivity contribution in [3.63, 3.8) is 0 Å². The van der Waals surface area contributed by atoms with Crippen LogP contribution in [0.1, 0.15) is 20.8 Å². The van der Waals surface area contributed by atoms with E-state index in [1.54, 1.807) is 0 Å². The van der Waals surface area contributed by atoms with Crippen LogP contribution in [-0.2, 0) is 0 Å². The van der Waals surface area contributed by atoms with Gasteiger partial charge in [-0.05, 0) is 25.3 Å². The van der Waals surface area contributed by atoms with Gasteiger partial charge in [0.1, 0.15) is 0 Å². The lowest BCUT2D eigenvalue weighted by atomic mass is 9.90. The molecule has 0 radical (unpaired) electrons. The molecule has 2 unspecified atom stereocenters. The van der Waals surface area contributed by atoms with E-state index in [1.807, 2.05) is 0 Å². The molecule has 0 saturated heterocycles. The average molecular weight is 159 g/mol. The van der Waals surface area contributed by atoms with E-state index in [9.17, 15) is 0 Å². The van der Waals surface area contributed by atoms with Crippen molar-refractivity contribution >= 4 is 0 Å². The van der Waals surface area contributed by atoms with Gasteiger partial charge in [-0.15, -0.1) is 0 Å². The minimum absolute atomic E-state index is 0.457. The first-order valence-electron chi connectivity index (χ1n) is 4.27. The molecule has 0 spiro atoms. The Labute approximate surface area is 69.5 Å². The molecule has 0 fully saturated rings. The highest BCUT2D eigenvalue weighted by atomic mass is 15.0. The van der Waals surface area contributed by atoms with Gasteiger partial charge in [-0.2, -0.15) is 0 Å². The number of rotatable bonds is 5. The molecule has 0 aliphatic heterocycles. The normalized spacial score (nSPS) is 19.4. The van der Waals surface area contributed by atoms with Crippen LogP contribution in [0.5, 0.6) is 0 Å². The average Bonchev–Trinajstić information content (AvgIpc) is 2.02. The first-order chi connectivity index (χ1) is 5.13. The van der Waals surface area contributed by atoms with Crippen molar-refractivity contribution < 1.29 is 0 Å². The Bertz CT molecular complexity index is 95.3. The highest BCUT2D eigenvalue weighted by Gasteiger charge is 2.16. The summed E-state index contributed by atoms with van der Waals surface area (Å²) in [6, 6.07) is 0.457. The van der Waals surface area contributed by atoms with Crippen LogP contribution in [-0.4, -0.2) is 19.3 Å². The zero-order chi connectivity index (χ0) is 8.85. The van der Waals surface area contributed by atoms with Crippen LogP contribution in [0.25, 0.3) is 0 Å². The third-order valence-electron chi connectivity index (χ3n) is 2.50. The molecule has 0 aliphatic rings. The number of nitrogens with one attached hydrogen (secondary N) is 1. The third kappa shape index (κ3) is 3.70. The van der Waals surface area contributed by atoms with Gasteiger partial charge in [0, 0.05) is 12.7 Å². The van der Waals surface area contributed by atoms with Crippen molar-refractivity contribution in [2.24, 2.45) is 23.3 Å². The summed E-state index contributed by atoms with van der Waals surface area (Å²) >= 11 is 0.